The molecule has 2 aromatic carbocycles. The third kappa shape index (κ3) is 3.42. The minimum atomic E-state index is 0.339. The summed E-state index contributed by atoms with van der Waals surface area (Å²) in [6, 6.07) is 19.1. The largest absolute Gasteiger partial charge is 0.306 e. The average Bonchev–Trinajstić information content (AvgIpc) is 2.38. The normalized spacial score (nSPS) is 12.4. The second-order valence-electron chi connectivity index (χ2n) is 4.11. The summed E-state index contributed by atoms with van der Waals surface area (Å²) >= 11 is 3.58. The summed E-state index contributed by atoms with van der Waals surface area (Å²) in [5.74, 6) is 0. The topological polar surface area (TPSA) is 12.0 Å². The van der Waals surface area contributed by atoms with Crippen LogP contribution in [0.5, 0.6) is 0 Å². The minimum absolute atomic E-state index is 0.339. The molecule has 0 saturated heterocycles. The van der Waals surface area contributed by atoms with Crippen molar-refractivity contribution >= 4 is 15.9 Å². The molecule has 1 N–H and O–H groups in total. The van der Waals surface area contributed by atoms with Crippen LogP contribution in [0.15, 0.2) is 59.1 Å². The molecule has 0 spiro atoms. The first-order chi connectivity index (χ1) is 8.27. The highest BCUT2D eigenvalue weighted by molar-refractivity contribution is 9.10. The van der Waals surface area contributed by atoms with Gasteiger partial charge in [0.05, 0.1) is 0 Å². The van der Waals surface area contributed by atoms with E-state index in [1.807, 2.05) is 12.1 Å². The molecule has 1 nitrogen and oxygen atoms in total. The molecule has 0 fully saturated rings. The molecule has 0 amide bonds. The van der Waals surface area contributed by atoms with E-state index in [4.69, 9.17) is 0 Å². The number of nitrogens with one attached hydrogen (secondary N) is 1. The van der Waals surface area contributed by atoms with Gasteiger partial charge in [0.1, 0.15) is 0 Å². The molecule has 0 saturated carbocycles. The van der Waals surface area contributed by atoms with Gasteiger partial charge in [0.25, 0.3) is 0 Å². The zero-order valence-corrected chi connectivity index (χ0v) is 11.4. The second-order valence-corrected chi connectivity index (χ2v) is 4.96. The first-order valence-electron chi connectivity index (χ1n) is 5.79. The summed E-state index contributed by atoms with van der Waals surface area (Å²) in [5, 5.41) is 3.53. The molecule has 0 aliphatic carbocycles. The van der Waals surface area contributed by atoms with Crippen LogP contribution in [0.2, 0.25) is 0 Å². The molecule has 1 atom stereocenters. The molecular formula is C15H16BrN. The average molecular weight is 290 g/mol. The predicted molar refractivity (Wildman–Crippen MR) is 75.8 cm³/mol. The van der Waals surface area contributed by atoms with Crippen molar-refractivity contribution in [2.75, 3.05) is 0 Å². The molecule has 0 aromatic heterocycles. The summed E-state index contributed by atoms with van der Waals surface area (Å²) in [4.78, 5) is 0. The van der Waals surface area contributed by atoms with Gasteiger partial charge in [-0.05, 0) is 24.1 Å². The Bertz CT molecular complexity index is 467. The Kier molecular flexibility index (Phi) is 4.35. The van der Waals surface area contributed by atoms with E-state index in [9.17, 15) is 0 Å². The molecule has 0 aliphatic rings. The first-order valence-corrected chi connectivity index (χ1v) is 6.58. The maximum absolute atomic E-state index is 3.58. The van der Waals surface area contributed by atoms with Crippen LogP contribution in [0, 0.1) is 0 Å². The van der Waals surface area contributed by atoms with Crippen LogP contribution in [0.1, 0.15) is 24.1 Å². The zero-order chi connectivity index (χ0) is 12.1. The zero-order valence-electron chi connectivity index (χ0n) is 9.86. The molecule has 2 aromatic rings. The van der Waals surface area contributed by atoms with Crippen molar-refractivity contribution in [1.29, 1.82) is 0 Å². The van der Waals surface area contributed by atoms with Crippen molar-refractivity contribution in [2.24, 2.45) is 0 Å². The van der Waals surface area contributed by atoms with Gasteiger partial charge in [-0.3, -0.25) is 0 Å². The van der Waals surface area contributed by atoms with Crippen molar-refractivity contribution in [2.45, 2.75) is 19.5 Å². The molecule has 0 bridgehead atoms. The van der Waals surface area contributed by atoms with Gasteiger partial charge in [-0.2, -0.15) is 0 Å². The molecule has 1 unspecified atom stereocenters. The second kappa shape index (κ2) is 5.99. The third-order valence-corrected chi connectivity index (χ3v) is 3.55. The standard InChI is InChI=1S/C15H16BrN/c1-12(14-9-5-6-10-15(14)16)17-11-13-7-3-2-4-8-13/h2-10,12,17H,11H2,1H3. The molecule has 2 heteroatoms. The van der Waals surface area contributed by atoms with Crippen LogP contribution in [-0.2, 0) is 6.54 Å². The lowest BCUT2D eigenvalue weighted by molar-refractivity contribution is 0.573. The lowest BCUT2D eigenvalue weighted by atomic mass is 10.1. The highest BCUT2D eigenvalue weighted by atomic mass is 79.9. The van der Waals surface area contributed by atoms with E-state index >= 15 is 0 Å². The van der Waals surface area contributed by atoms with Crippen LogP contribution in [0.25, 0.3) is 0 Å². The number of hydrogen-bond acceptors (Lipinski definition) is 1. The Hall–Kier alpha value is -1.12. The Morgan fingerprint density at radius 3 is 2.35 bits per heavy atom. The monoisotopic (exact) mass is 289 g/mol. The van der Waals surface area contributed by atoms with E-state index in [0.29, 0.717) is 6.04 Å². The van der Waals surface area contributed by atoms with Gasteiger partial charge in [-0.25, -0.2) is 0 Å². The molecular weight excluding hydrogens is 274 g/mol. The Morgan fingerprint density at radius 2 is 1.65 bits per heavy atom. The molecule has 2 rings (SSSR count). The fraction of sp³-hybridized carbons (Fsp3) is 0.200. The quantitative estimate of drug-likeness (QED) is 0.885. The lowest BCUT2D eigenvalue weighted by Crippen LogP contribution is -2.18. The van der Waals surface area contributed by atoms with Crippen molar-refractivity contribution < 1.29 is 0 Å². The van der Waals surface area contributed by atoms with Gasteiger partial charge >= 0.3 is 0 Å². The van der Waals surface area contributed by atoms with Crippen LogP contribution in [0.3, 0.4) is 0 Å². The van der Waals surface area contributed by atoms with Gasteiger partial charge < -0.3 is 5.32 Å². The Labute approximate surface area is 111 Å². The van der Waals surface area contributed by atoms with Crippen molar-refractivity contribution in [3.63, 3.8) is 0 Å². The van der Waals surface area contributed by atoms with Crippen molar-refractivity contribution in [1.82, 2.24) is 5.32 Å². The molecule has 17 heavy (non-hydrogen) atoms. The highest BCUT2D eigenvalue weighted by Gasteiger charge is 2.07. The van der Waals surface area contributed by atoms with E-state index in [0.717, 1.165) is 11.0 Å². The Balaban J connectivity index is 1.99. The van der Waals surface area contributed by atoms with E-state index in [1.54, 1.807) is 0 Å². The molecule has 0 heterocycles. The fourth-order valence-corrected chi connectivity index (χ4v) is 2.43. The van der Waals surface area contributed by atoms with E-state index < -0.39 is 0 Å². The molecule has 0 aliphatic heterocycles. The predicted octanol–water partition coefficient (Wildman–Crippen LogP) is 4.30. The summed E-state index contributed by atoms with van der Waals surface area (Å²) < 4.78 is 1.16. The van der Waals surface area contributed by atoms with Crippen molar-refractivity contribution in [3.05, 3.63) is 70.2 Å². The lowest BCUT2D eigenvalue weighted by Gasteiger charge is -2.15. The molecule has 0 radical (unpaired) electrons. The summed E-state index contributed by atoms with van der Waals surface area (Å²) in [6.45, 7) is 3.08. The number of halogens is 1. The summed E-state index contributed by atoms with van der Waals surface area (Å²) in [7, 11) is 0. The highest BCUT2D eigenvalue weighted by Crippen LogP contribution is 2.22. The van der Waals surface area contributed by atoms with E-state index in [1.165, 1.54) is 11.1 Å². The van der Waals surface area contributed by atoms with Gasteiger partial charge in [0.2, 0.25) is 0 Å². The van der Waals surface area contributed by atoms with Gasteiger partial charge in [0, 0.05) is 17.1 Å². The van der Waals surface area contributed by atoms with Crippen LogP contribution < -0.4 is 5.32 Å². The number of benzene rings is 2. The van der Waals surface area contributed by atoms with E-state index in [-0.39, 0.29) is 0 Å². The van der Waals surface area contributed by atoms with Gasteiger partial charge in [0.15, 0.2) is 0 Å². The Morgan fingerprint density at radius 1 is 1.00 bits per heavy atom. The summed E-state index contributed by atoms with van der Waals surface area (Å²) in [5.41, 5.74) is 2.61. The smallest absolute Gasteiger partial charge is 0.0306 e. The maximum Gasteiger partial charge on any atom is 0.0306 e. The number of rotatable bonds is 4. The van der Waals surface area contributed by atoms with Gasteiger partial charge in [-0.1, -0.05) is 64.5 Å². The van der Waals surface area contributed by atoms with Crippen LogP contribution in [-0.4, -0.2) is 0 Å². The fourth-order valence-electron chi connectivity index (χ4n) is 1.80. The minimum Gasteiger partial charge on any atom is -0.306 e. The summed E-state index contributed by atoms with van der Waals surface area (Å²) in [6.07, 6.45) is 0. The maximum atomic E-state index is 3.58. The number of hydrogen-bond donors (Lipinski definition) is 1. The van der Waals surface area contributed by atoms with Gasteiger partial charge in [-0.15, -0.1) is 0 Å². The van der Waals surface area contributed by atoms with Crippen LogP contribution >= 0.6 is 15.9 Å². The first kappa shape index (κ1) is 12.3. The van der Waals surface area contributed by atoms with E-state index in [2.05, 4.69) is 70.6 Å². The van der Waals surface area contributed by atoms with Crippen LogP contribution in [0.4, 0.5) is 0 Å². The third-order valence-electron chi connectivity index (χ3n) is 2.83. The molecule has 88 valence electrons. The van der Waals surface area contributed by atoms with Crippen molar-refractivity contribution in [3.8, 4) is 0 Å². The SMILES string of the molecule is CC(NCc1ccccc1)c1ccccc1Br.